The van der Waals surface area contributed by atoms with Crippen LogP contribution in [0.5, 0.6) is 0 Å². The monoisotopic (exact) mass is 199 g/mol. The van der Waals surface area contributed by atoms with Crippen molar-refractivity contribution in [1.29, 1.82) is 0 Å². The van der Waals surface area contributed by atoms with Gasteiger partial charge in [-0.2, -0.15) is 0 Å². The molecule has 0 aromatic heterocycles. The van der Waals surface area contributed by atoms with Crippen LogP contribution in [0, 0.1) is 5.92 Å². The van der Waals surface area contributed by atoms with E-state index in [-0.39, 0.29) is 18.1 Å². The SMILES string of the molecule is COC(=O)C(NC1CC(O)C1)C1CC1. The summed E-state index contributed by atoms with van der Waals surface area (Å²) >= 11 is 0. The predicted molar refractivity (Wildman–Crippen MR) is 50.7 cm³/mol. The van der Waals surface area contributed by atoms with Gasteiger partial charge in [-0.25, -0.2) is 0 Å². The lowest BCUT2D eigenvalue weighted by atomic mass is 9.88. The molecule has 2 fully saturated rings. The fourth-order valence-corrected chi connectivity index (χ4v) is 1.93. The molecule has 0 bridgehead atoms. The Balaban J connectivity index is 1.81. The van der Waals surface area contributed by atoms with Gasteiger partial charge in [0.2, 0.25) is 0 Å². The number of carbonyl (C=O) groups excluding carboxylic acids is 1. The summed E-state index contributed by atoms with van der Waals surface area (Å²) in [6.45, 7) is 0. The van der Waals surface area contributed by atoms with Gasteiger partial charge < -0.3 is 15.2 Å². The van der Waals surface area contributed by atoms with Crippen LogP contribution in [0.3, 0.4) is 0 Å². The van der Waals surface area contributed by atoms with Crippen LogP contribution in [0.15, 0.2) is 0 Å². The first-order chi connectivity index (χ1) is 6.70. The van der Waals surface area contributed by atoms with E-state index in [0.717, 1.165) is 25.7 Å². The van der Waals surface area contributed by atoms with Crippen molar-refractivity contribution in [3.05, 3.63) is 0 Å². The molecule has 2 N–H and O–H groups in total. The molecule has 0 radical (unpaired) electrons. The van der Waals surface area contributed by atoms with Crippen molar-refractivity contribution in [3.63, 3.8) is 0 Å². The molecule has 14 heavy (non-hydrogen) atoms. The maximum Gasteiger partial charge on any atom is 0.323 e. The van der Waals surface area contributed by atoms with Gasteiger partial charge in [-0.1, -0.05) is 0 Å². The standard InChI is InChI=1S/C10H17NO3/c1-14-10(13)9(6-2-3-6)11-7-4-8(12)5-7/h6-9,11-12H,2-5H2,1H3. The highest BCUT2D eigenvalue weighted by atomic mass is 16.5. The maximum absolute atomic E-state index is 11.4. The molecule has 4 heteroatoms. The second kappa shape index (κ2) is 3.87. The number of carbonyl (C=O) groups is 1. The Morgan fingerprint density at radius 2 is 2.14 bits per heavy atom. The topological polar surface area (TPSA) is 58.6 Å². The number of methoxy groups -OCH3 is 1. The lowest BCUT2D eigenvalue weighted by Crippen LogP contribution is -2.52. The van der Waals surface area contributed by atoms with Crippen molar-refractivity contribution < 1.29 is 14.6 Å². The molecule has 80 valence electrons. The summed E-state index contributed by atoms with van der Waals surface area (Å²) in [5.41, 5.74) is 0. The van der Waals surface area contributed by atoms with Gasteiger partial charge in [-0.15, -0.1) is 0 Å². The maximum atomic E-state index is 11.4. The summed E-state index contributed by atoms with van der Waals surface area (Å²) in [5, 5.41) is 12.4. The molecule has 0 aromatic rings. The van der Waals surface area contributed by atoms with E-state index in [4.69, 9.17) is 9.84 Å². The minimum atomic E-state index is -0.176. The van der Waals surface area contributed by atoms with Crippen molar-refractivity contribution in [2.24, 2.45) is 5.92 Å². The van der Waals surface area contributed by atoms with Gasteiger partial charge in [0, 0.05) is 6.04 Å². The van der Waals surface area contributed by atoms with Crippen LogP contribution in [0.4, 0.5) is 0 Å². The van der Waals surface area contributed by atoms with Crippen molar-refractivity contribution in [3.8, 4) is 0 Å². The van der Waals surface area contributed by atoms with E-state index < -0.39 is 0 Å². The molecule has 4 nitrogen and oxygen atoms in total. The molecule has 0 heterocycles. The van der Waals surface area contributed by atoms with Gasteiger partial charge in [0.1, 0.15) is 6.04 Å². The Morgan fingerprint density at radius 3 is 2.57 bits per heavy atom. The molecule has 2 aliphatic rings. The first-order valence-electron chi connectivity index (χ1n) is 5.22. The van der Waals surface area contributed by atoms with E-state index in [1.54, 1.807) is 0 Å². The number of hydrogen-bond donors (Lipinski definition) is 2. The Morgan fingerprint density at radius 1 is 1.50 bits per heavy atom. The molecule has 1 unspecified atom stereocenters. The Labute approximate surface area is 83.6 Å². The molecule has 0 amide bonds. The molecule has 2 aliphatic carbocycles. The minimum Gasteiger partial charge on any atom is -0.468 e. The fourth-order valence-electron chi connectivity index (χ4n) is 1.93. The summed E-state index contributed by atoms with van der Waals surface area (Å²) in [4.78, 5) is 11.4. The number of hydrogen-bond acceptors (Lipinski definition) is 4. The minimum absolute atomic E-state index is 0.141. The zero-order valence-electron chi connectivity index (χ0n) is 8.40. The van der Waals surface area contributed by atoms with E-state index in [1.807, 2.05) is 0 Å². The summed E-state index contributed by atoms with van der Waals surface area (Å²) in [6.07, 6.45) is 3.58. The van der Waals surface area contributed by atoms with Crippen molar-refractivity contribution in [2.75, 3.05) is 7.11 Å². The molecule has 0 spiro atoms. The van der Waals surface area contributed by atoms with Crippen LogP contribution in [0.1, 0.15) is 25.7 Å². The summed E-state index contributed by atoms with van der Waals surface area (Å²) in [5.74, 6) is 0.300. The third-order valence-electron chi connectivity index (χ3n) is 3.08. The molecular formula is C10H17NO3. The Bertz CT molecular complexity index is 221. The average Bonchev–Trinajstić information content (AvgIpc) is 2.92. The summed E-state index contributed by atoms with van der Waals surface area (Å²) in [6, 6.07) is 0.159. The van der Waals surface area contributed by atoms with E-state index in [2.05, 4.69) is 5.32 Å². The zero-order valence-corrected chi connectivity index (χ0v) is 8.40. The largest absolute Gasteiger partial charge is 0.468 e. The number of aliphatic hydroxyl groups is 1. The van der Waals surface area contributed by atoms with Gasteiger partial charge in [0.15, 0.2) is 0 Å². The zero-order chi connectivity index (χ0) is 10.1. The molecule has 0 saturated heterocycles. The summed E-state index contributed by atoms with van der Waals surface area (Å²) < 4.78 is 4.75. The summed E-state index contributed by atoms with van der Waals surface area (Å²) in [7, 11) is 1.43. The highest BCUT2D eigenvalue weighted by Crippen LogP contribution is 2.34. The number of ether oxygens (including phenoxy) is 1. The van der Waals surface area contributed by atoms with Crippen LogP contribution in [-0.2, 0) is 9.53 Å². The van der Waals surface area contributed by atoms with Crippen LogP contribution in [0.25, 0.3) is 0 Å². The molecule has 0 aromatic carbocycles. The lowest BCUT2D eigenvalue weighted by molar-refractivity contribution is -0.144. The number of aliphatic hydroxyl groups excluding tert-OH is 1. The molecule has 0 aliphatic heterocycles. The molecule has 1 atom stereocenters. The highest BCUT2D eigenvalue weighted by molar-refractivity contribution is 5.76. The van der Waals surface area contributed by atoms with E-state index in [1.165, 1.54) is 7.11 Å². The number of nitrogens with one attached hydrogen (secondary N) is 1. The first kappa shape index (κ1) is 9.93. The van der Waals surface area contributed by atoms with Crippen molar-refractivity contribution in [2.45, 2.75) is 43.9 Å². The van der Waals surface area contributed by atoms with E-state index in [9.17, 15) is 4.79 Å². The van der Waals surface area contributed by atoms with Crippen molar-refractivity contribution >= 4 is 5.97 Å². The van der Waals surface area contributed by atoms with Gasteiger partial charge in [-0.3, -0.25) is 4.79 Å². The van der Waals surface area contributed by atoms with Gasteiger partial charge in [-0.05, 0) is 31.6 Å². The lowest BCUT2D eigenvalue weighted by Gasteiger charge is -2.34. The number of esters is 1. The Kier molecular flexibility index (Phi) is 2.74. The van der Waals surface area contributed by atoms with Gasteiger partial charge in [0.25, 0.3) is 0 Å². The third-order valence-corrected chi connectivity index (χ3v) is 3.08. The van der Waals surface area contributed by atoms with E-state index >= 15 is 0 Å². The van der Waals surface area contributed by atoms with Crippen LogP contribution in [0.2, 0.25) is 0 Å². The number of rotatable bonds is 4. The molecular weight excluding hydrogens is 182 g/mol. The molecule has 2 rings (SSSR count). The Hall–Kier alpha value is -0.610. The smallest absolute Gasteiger partial charge is 0.323 e. The van der Waals surface area contributed by atoms with Gasteiger partial charge >= 0.3 is 5.97 Å². The second-order valence-electron chi connectivity index (χ2n) is 4.33. The fraction of sp³-hybridized carbons (Fsp3) is 0.900. The second-order valence-corrected chi connectivity index (χ2v) is 4.33. The van der Waals surface area contributed by atoms with Crippen LogP contribution in [-0.4, -0.2) is 36.4 Å². The van der Waals surface area contributed by atoms with Crippen LogP contribution < -0.4 is 5.32 Å². The molecule has 2 saturated carbocycles. The average molecular weight is 199 g/mol. The normalized spacial score (nSPS) is 33.3. The predicted octanol–water partition coefficient (Wildman–Crippen LogP) is 0.0509. The quantitative estimate of drug-likeness (QED) is 0.628. The highest BCUT2D eigenvalue weighted by Gasteiger charge is 2.40. The first-order valence-corrected chi connectivity index (χ1v) is 5.22. The van der Waals surface area contributed by atoms with Gasteiger partial charge in [0.05, 0.1) is 13.2 Å². The van der Waals surface area contributed by atoms with E-state index in [0.29, 0.717) is 12.0 Å². The third kappa shape index (κ3) is 2.07. The van der Waals surface area contributed by atoms with Crippen LogP contribution >= 0.6 is 0 Å². The van der Waals surface area contributed by atoms with Crippen molar-refractivity contribution in [1.82, 2.24) is 5.32 Å².